The van der Waals surface area contributed by atoms with Gasteiger partial charge in [0.2, 0.25) is 0 Å². The molecule has 4 heteroatoms. The highest BCUT2D eigenvalue weighted by atomic mass is 16.1. The Bertz CT molecular complexity index is 547. The lowest BCUT2D eigenvalue weighted by Gasteiger charge is -2.19. The van der Waals surface area contributed by atoms with Gasteiger partial charge in [0.05, 0.1) is 12.2 Å². The molecule has 1 heterocycles. The smallest absolute Gasteiger partial charge is 0.135 e. The summed E-state index contributed by atoms with van der Waals surface area (Å²) in [6, 6.07) is 10.1. The van der Waals surface area contributed by atoms with Crippen LogP contribution in [0.2, 0.25) is 0 Å². The van der Waals surface area contributed by atoms with Crippen molar-refractivity contribution in [1.29, 1.82) is 0 Å². The molecule has 1 fully saturated rings. The highest BCUT2D eigenvalue weighted by Gasteiger charge is 2.22. The molecule has 0 saturated heterocycles. The fourth-order valence-electron chi connectivity index (χ4n) is 2.39. The molecule has 1 aliphatic rings. The van der Waals surface area contributed by atoms with E-state index in [1.807, 2.05) is 30.3 Å². The Labute approximate surface area is 106 Å². The van der Waals surface area contributed by atoms with Gasteiger partial charge in [-0.15, -0.1) is 0 Å². The second kappa shape index (κ2) is 4.72. The quantitative estimate of drug-likeness (QED) is 0.812. The SMILES string of the molecule is O=C1CCCC(n2ncc(-c3ccccc3)n2)C1. The number of Topliss-reactive ketones (excluding diaryl/α,β-unsaturated/α-hetero) is 1. The molecule has 1 unspecified atom stereocenters. The van der Waals surface area contributed by atoms with Crippen LogP contribution in [0.3, 0.4) is 0 Å². The minimum atomic E-state index is 0.142. The van der Waals surface area contributed by atoms with Gasteiger partial charge in [-0.05, 0) is 12.8 Å². The van der Waals surface area contributed by atoms with Crippen molar-refractivity contribution in [1.82, 2.24) is 15.0 Å². The van der Waals surface area contributed by atoms with E-state index in [4.69, 9.17) is 0 Å². The van der Waals surface area contributed by atoms with Crippen LogP contribution in [0.5, 0.6) is 0 Å². The third-order valence-corrected chi connectivity index (χ3v) is 3.36. The molecule has 92 valence electrons. The Hall–Kier alpha value is -1.97. The van der Waals surface area contributed by atoms with Crippen molar-refractivity contribution in [2.24, 2.45) is 0 Å². The standard InChI is InChI=1S/C14H15N3O/c18-13-8-4-7-12(9-13)17-15-10-14(16-17)11-5-2-1-3-6-11/h1-3,5-6,10,12H,4,7-9H2. The van der Waals surface area contributed by atoms with Gasteiger partial charge in [0.15, 0.2) is 0 Å². The van der Waals surface area contributed by atoms with Gasteiger partial charge >= 0.3 is 0 Å². The van der Waals surface area contributed by atoms with Crippen LogP contribution in [0.15, 0.2) is 36.5 Å². The predicted octanol–water partition coefficient (Wildman–Crippen LogP) is 2.63. The first-order valence-electron chi connectivity index (χ1n) is 6.32. The maximum atomic E-state index is 11.5. The van der Waals surface area contributed by atoms with E-state index < -0.39 is 0 Å². The number of rotatable bonds is 2. The first-order valence-corrected chi connectivity index (χ1v) is 6.32. The predicted molar refractivity (Wildman–Crippen MR) is 68.0 cm³/mol. The molecule has 0 N–H and O–H groups in total. The largest absolute Gasteiger partial charge is 0.300 e. The first kappa shape index (κ1) is 11.1. The molecule has 0 bridgehead atoms. The Morgan fingerprint density at radius 3 is 2.83 bits per heavy atom. The Kier molecular flexibility index (Phi) is 2.92. The van der Waals surface area contributed by atoms with Crippen LogP contribution in [0.25, 0.3) is 11.3 Å². The van der Waals surface area contributed by atoms with Crippen LogP contribution in [-0.2, 0) is 4.79 Å². The molecule has 0 aliphatic heterocycles. The van der Waals surface area contributed by atoms with Crippen LogP contribution in [0.4, 0.5) is 0 Å². The lowest BCUT2D eigenvalue weighted by molar-refractivity contribution is -0.121. The molecule has 0 amide bonds. The lowest BCUT2D eigenvalue weighted by Crippen LogP contribution is -2.20. The van der Waals surface area contributed by atoms with Crippen molar-refractivity contribution in [2.75, 3.05) is 0 Å². The fraction of sp³-hybridized carbons (Fsp3) is 0.357. The second-order valence-electron chi connectivity index (χ2n) is 4.71. The molecule has 1 aliphatic carbocycles. The number of hydrogen-bond donors (Lipinski definition) is 0. The van der Waals surface area contributed by atoms with Gasteiger partial charge in [-0.3, -0.25) is 4.79 Å². The topological polar surface area (TPSA) is 47.8 Å². The molecule has 3 rings (SSSR count). The molecular formula is C14H15N3O. The summed E-state index contributed by atoms with van der Waals surface area (Å²) < 4.78 is 0. The number of benzene rings is 1. The number of carbonyl (C=O) groups excluding carboxylic acids is 1. The van der Waals surface area contributed by atoms with Gasteiger partial charge in [-0.25, -0.2) is 0 Å². The average molecular weight is 241 g/mol. The summed E-state index contributed by atoms with van der Waals surface area (Å²) in [5.41, 5.74) is 1.93. The number of ketones is 1. The molecule has 0 spiro atoms. The van der Waals surface area contributed by atoms with Gasteiger partial charge in [-0.1, -0.05) is 30.3 Å². The molecule has 18 heavy (non-hydrogen) atoms. The summed E-state index contributed by atoms with van der Waals surface area (Å²) in [6.45, 7) is 0. The molecule has 1 atom stereocenters. The van der Waals surface area contributed by atoms with Gasteiger partial charge < -0.3 is 0 Å². The Morgan fingerprint density at radius 1 is 1.22 bits per heavy atom. The van der Waals surface area contributed by atoms with Crippen LogP contribution in [-0.4, -0.2) is 20.8 Å². The zero-order chi connectivity index (χ0) is 12.4. The van der Waals surface area contributed by atoms with Gasteiger partial charge in [-0.2, -0.15) is 15.0 Å². The van der Waals surface area contributed by atoms with Gasteiger partial charge in [0.25, 0.3) is 0 Å². The van der Waals surface area contributed by atoms with Gasteiger partial charge in [0.1, 0.15) is 11.5 Å². The molecule has 4 nitrogen and oxygen atoms in total. The lowest BCUT2D eigenvalue weighted by atomic mass is 9.95. The van der Waals surface area contributed by atoms with Crippen molar-refractivity contribution in [3.63, 3.8) is 0 Å². The van der Waals surface area contributed by atoms with Crippen molar-refractivity contribution in [2.45, 2.75) is 31.7 Å². The normalized spacial score (nSPS) is 20.0. The van der Waals surface area contributed by atoms with Crippen molar-refractivity contribution in [3.8, 4) is 11.3 Å². The minimum absolute atomic E-state index is 0.142. The zero-order valence-electron chi connectivity index (χ0n) is 10.1. The molecule has 1 aromatic heterocycles. The maximum Gasteiger partial charge on any atom is 0.135 e. The minimum Gasteiger partial charge on any atom is -0.300 e. The summed E-state index contributed by atoms with van der Waals surface area (Å²) in [6.07, 6.45) is 5.00. The van der Waals surface area contributed by atoms with E-state index in [2.05, 4.69) is 10.2 Å². The monoisotopic (exact) mass is 241 g/mol. The Morgan fingerprint density at radius 2 is 2.06 bits per heavy atom. The summed E-state index contributed by atoms with van der Waals surface area (Å²) in [4.78, 5) is 13.2. The third kappa shape index (κ3) is 2.18. The van der Waals surface area contributed by atoms with Crippen LogP contribution in [0, 0.1) is 0 Å². The molecule has 2 aromatic rings. The molecule has 0 radical (unpaired) electrons. The highest BCUT2D eigenvalue weighted by Crippen LogP contribution is 2.25. The maximum absolute atomic E-state index is 11.5. The second-order valence-corrected chi connectivity index (χ2v) is 4.71. The van der Waals surface area contributed by atoms with E-state index in [0.717, 1.165) is 24.1 Å². The van der Waals surface area contributed by atoms with E-state index in [9.17, 15) is 4.79 Å². The summed E-state index contributed by atoms with van der Waals surface area (Å²) in [5.74, 6) is 0.324. The number of nitrogens with zero attached hydrogens (tertiary/aromatic N) is 3. The summed E-state index contributed by atoms with van der Waals surface area (Å²) in [7, 11) is 0. The Balaban J connectivity index is 1.83. The van der Waals surface area contributed by atoms with E-state index in [1.54, 1.807) is 11.0 Å². The highest BCUT2D eigenvalue weighted by molar-refractivity contribution is 5.79. The van der Waals surface area contributed by atoms with Crippen LogP contribution < -0.4 is 0 Å². The molecule has 1 saturated carbocycles. The average Bonchev–Trinajstić information content (AvgIpc) is 2.89. The summed E-state index contributed by atoms with van der Waals surface area (Å²) >= 11 is 0. The van der Waals surface area contributed by atoms with Crippen LogP contribution >= 0.6 is 0 Å². The fourth-order valence-corrected chi connectivity index (χ4v) is 2.39. The third-order valence-electron chi connectivity index (χ3n) is 3.36. The van der Waals surface area contributed by atoms with Crippen molar-refractivity contribution in [3.05, 3.63) is 36.5 Å². The van der Waals surface area contributed by atoms with E-state index in [1.165, 1.54) is 0 Å². The number of aromatic nitrogens is 3. The van der Waals surface area contributed by atoms with Crippen LogP contribution in [0.1, 0.15) is 31.7 Å². The van der Waals surface area contributed by atoms with Crippen molar-refractivity contribution >= 4 is 5.78 Å². The molecule has 1 aromatic carbocycles. The summed E-state index contributed by atoms with van der Waals surface area (Å²) in [5, 5.41) is 8.80. The van der Waals surface area contributed by atoms with E-state index in [0.29, 0.717) is 18.6 Å². The molecular weight excluding hydrogens is 226 g/mol. The first-order chi connectivity index (χ1) is 8.83. The number of hydrogen-bond acceptors (Lipinski definition) is 3. The zero-order valence-corrected chi connectivity index (χ0v) is 10.1. The van der Waals surface area contributed by atoms with Crippen molar-refractivity contribution < 1.29 is 4.79 Å². The number of carbonyl (C=O) groups is 1. The van der Waals surface area contributed by atoms with E-state index in [-0.39, 0.29) is 6.04 Å². The van der Waals surface area contributed by atoms with Gasteiger partial charge in [0, 0.05) is 18.4 Å². The van der Waals surface area contributed by atoms with E-state index >= 15 is 0 Å².